The number of anilines is 2. The Morgan fingerprint density at radius 1 is 1.26 bits per heavy atom. The second kappa shape index (κ2) is 7.04. The number of nitrogens with zero attached hydrogens (tertiary/aromatic N) is 3. The fourth-order valence-corrected chi connectivity index (χ4v) is 3.32. The van der Waals surface area contributed by atoms with Crippen molar-refractivity contribution in [2.75, 3.05) is 10.6 Å². The first-order chi connectivity index (χ1) is 13.1. The lowest BCUT2D eigenvalue weighted by molar-refractivity contribution is 0.0996. The lowest BCUT2D eigenvalue weighted by Gasteiger charge is -2.06. The minimum atomic E-state index is -0.298. The van der Waals surface area contributed by atoms with Crippen LogP contribution < -0.4 is 16.2 Å². The Morgan fingerprint density at radius 2 is 2.07 bits per heavy atom. The summed E-state index contributed by atoms with van der Waals surface area (Å²) in [6, 6.07) is 12.1. The highest BCUT2D eigenvalue weighted by atomic mass is 32.1. The summed E-state index contributed by atoms with van der Waals surface area (Å²) in [5.41, 5.74) is 2.15. The normalized spacial score (nSPS) is 10.9. The maximum atomic E-state index is 11.9. The third kappa shape index (κ3) is 3.72. The zero-order chi connectivity index (χ0) is 18.8. The molecule has 0 fully saturated rings. The van der Waals surface area contributed by atoms with E-state index in [-0.39, 0.29) is 17.2 Å². The van der Waals surface area contributed by atoms with Gasteiger partial charge < -0.3 is 15.1 Å². The van der Waals surface area contributed by atoms with E-state index in [4.69, 9.17) is 4.42 Å². The van der Waals surface area contributed by atoms with Crippen LogP contribution in [0.4, 0.5) is 10.8 Å². The van der Waals surface area contributed by atoms with Crippen LogP contribution in [-0.4, -0.2) is 20.5 Å². The minimum Gasteiger partial charge on any atom is -0.459 e. The van der Waals surface area contributed by atoms with Gasteiger partial charge in [-0.2, -0.15) is 4.52 Å². The highest BCUT2D eigenvalue weighted by Gasteiger charge is 2.09. The molecular formula is C18H15N5O3S. The number of hydrogen-bond acceptors (Lipinski definition) is 7. The molecule has 0 aliphatic rings. The summed E-state index contributed by atoms with van der Waals surface area (Å²) < 4.78 is 6.35. The van der Waals surface area contributed by atoms with Crippen molar-refractivity contribution < 1.29 is 9.21 Å². The molecule has 136 valence electrons. The van der Waals surface area contributed by atoms with Gasteiger partial charge in [0, 0.05) is 24.0 Å². The van der Waals surface area contributed by atoms with Gasteiger partial charge in [0.05, 0.1) is 6.26 Å². The van der Waals surface area contributed by atoms with E-state index in [1.54, 1.807) is 19.1 Å². The van der Waals surface area contributed by atoms with Crippen LogP contribution >= 0.6 is 11.3 Å². The smallest absolute Gasteiger partial charge is 0.291 e. The summed E-state index contributed by atoms with van der Waals surface area (Å²) in [6.45, 7) is 2.31. The van der Waals surface area contributed by atoms with E-state index in [2.05, 4.69) is 20.7 Å². The van der Waals surface area contributed by atoms with Gasteiger partial charge in [-0.1, -0.05) is 23.5 Å². The molecule has 0 unspecified atom stereocenters. The van der Waals surface area contributed by atoms with E-state index in [1.165, 1.54) is 28.2 Å². The number of fused-ring (bicyclic) bond motifs is 1. The Labute approximate surface area is 157 Å². The number of carbonyl (C=O) groups excluding carboxylic acids is 1. The molecule has 4 aromatic rings. The number of amides is 1. The van der Waals surface area contributed by atoms with Crippen molar-refractivity contribution in [3.8, 4) is 0 Å². The molecule has 0 bridgehead atoms. The first-order valence-electron chi connectivity index (χ1n) is 8.14. The molecule has 3 heterocycles. The maximum absolute atomic E-state index is 11.9. The van der Waals surface area contributed by atoms with Crippen molar-refractivity contribution in [1.29, 1.82) is 0 Å². The second-order valence-corrected chi connectivity index (χ2v) is 6.78. The van der Waals surface area contributed by atoms with Gasteiger partial charge in [-0.25, -0.2) is 4.98 Å². The van der Waals surface area contributed by atoms with Gasteiger partial charge in [-0.15, -0.1) is 5.10 Å². The molecule has 0 aliphatic heterocycles. The lowest BCUT2D eigenvalue weighted by atomic mass is 10.2. The molecule has 27 heavy (non-hydrogen) atoms. The summed E-state index contributed by atoms with van der Waals surface area (Å²) in [5, 5.41) is 10.8. The van der Waals surface area contributed by atoms with Crippen molar-refractivity contribution >= 4 is 33.0 Å². The number of aryl methyl sites for hydroxylation is 1. The van der Waals surface area contributed by atoms with Gasteiger partial charge >= 0.3 is 0 Å². The average Bonchev–Trinajstić information content (AvgIpc) is 3.31. The van der Waals surface area contributed by atoms with Gasteiger partial charge in [0.2, 0.25) is 10.1 Å². The van der Waals surface area contributed by atoms with Crippen LogP contribution in [0.3, 0.4) is 0 Å². The molecule has 0 aliphatic carbocycles. The molecule has 4 rings (SSSR count). The Kier molecular flexibility index (Phi) is 4.43. The van der Waals surface area contributed by atoms with Gasteiger partial charge in [0.25, 0.3) is 11.5 Å². The van der Waals surface area contributed by atoms with Crippen LogP contribution in [-0.2, 0) is 6.54 Å². The van der Waals surface area contributed by atoms with Crippen molar-refractivity contribution in [3.05, 3.63) is 76.1 Å². The maximum Gasteiger partial charge on any atom is 0.291 e. The molecule has 1 aromatic carbocycles. The van der Waals surface area contributed by atoms with E-state index < -0.39 is 0 Å². The predicted octanol–water partition coefficient (Wildman–Crippen LogP) is 2.92. The van der Waals surface area contributed by atoms with Gasteiger partial charge in [0.1, 0.15) is 0 Å². The van der Waals surface area contributed by atoms with Crippen LogP contribution in [0.1, 0.15) is 21.8 Å². The lowest BCUT2D eigenvalue weighted by Crippen LogP contribution is -2.14. The zero-order valence-electron chi connectivity index (χ0n) is 14.3. The number of furan rings is 1. The third-order valence-electron chi connectivity index (χ3n) is 3.77. The molecular weight excluding hydrogens is 366 g/mol. The molecule has 0 spiro atoms. The summed E-state index contributed by atoms with van der Waals surface area (Å²) in [7, 11) is 0. The molecule has 8 nitrogen and oxygen atoms in total. The Morgan fingerprint density at radius 3 is 2.81 bits per heavy atom. The molecule has 2 N–H and O–H groups in total. The molecule has 3 aromatic heterocycles. The average molecular weight is 381 g/mol. The topological polar surface area (TPSA) is 102 Å². The van der Waals surface area contributed by atoms with Gasteiger partial charge in [-0.3, -0.25) is 9.59 Å². The minimum absolute atomic E-state index is 0.196. The van der Waals surface area contributed by atoms with Crippen LogP contribution in [0, 0.1) is 6.92 Å². The molecule has 1 amide bonds. The summed E-state index contributed by atoms with van der Waals surface area (Å²) in [4.78, 5) is 28.7. The number of aromatic nitrogens is 3. The fourth-order valence-electron chi connectivity index (χ4n) is 2.48. The van der Waals surface area contributed by atoms with Gasteiger partial charge in [-0.05, 0) is 36.8 Å². The van der Waals surface area contributed by atoms with E-state index in [0.29, 0.717) is 28.0 Å². The summed E-state index contributed by atoms with van der Waals surface area (Å²) in [6.07, 6.45) is 1.46. The predicted molar refractivity (Wildman–Crippen MR) is 102 cm³/mol. The van der Waals surface area contributed by atoms with Crippen LogP contribution in [0.2, 0.25) is 0 Å². The van der Waals surface area contributed by atoms with E-state index >= 15 is 0 Å². The highest BCUT2D eigenvalue weighted by molar-refractivity contribution is 7.20. The number of rotatable bonds is 5. The van der Waals surface area contributed by atoms with Crippen molar-refractivity contribution in [2.45, 2.75) is 13.5 Å². The number of benzene rings is 1. The fraction of sp³-hybridized carbons (Fsp3) is 0.111. The van der Waals surface area contributed by atoms with E-state index in [1.807, 2.05) is 24.3 Å². The van der Waals surface area contributed by atoms with Crippen molar-refractivity contribution in [2.24, 2.45) is 0 Å². The molecule has 0 atom stereocenters. The number of hydrogen-bond donors (Lipinski definition) is 2. The van der Waals surface area contributed by atoms with Crippen molar-refractivity contribution in [1.82, 2.24) is 14.6 Å². The highest BCUT2D eigenvalue weighted by Crippen LogP contribution is 2.18. The van der Waals surface area contributed by atoms with Gasteiger partial charge in [0.15, 0.2) is 5.76 Å². The second-order valence-electron chi connectivity index (χ2n) is 5.82. The Balaban J connectivity index is 1.41. The van der Waals surface area contributed by atoms with Crippen LogP contribution in [0.15, 0.2) is 57.9 Å². The first kappa shape index (κ1) is 17.0. The van der Waals surface area contributed by atoms with Crippen LogP contribution in [0.25, 0.3) is 4.96 Å². The Bertz CT molecular complexity index is 1150. The quantitative estimate of drug-likeness (QED) is 0.551. The van der Waals surface area contributed by atoms with Crippen LogP contribution in [0.5, 0.6) is 0 Å². The number of nitrogens with one attached hydrogen (secondary N) is 2. The van der Waals surface area contributed by atoms with Crippen molar-refractivity contribution in [3.63, 3.8) is 0 Å². The largest absolute Gasteiger partial charge is 0.459 e. The SMILES string of the molecule is Cc1cc(=O)n2nc(NCc3ccc(NC(=O)c4ccco4)cc3)sc2n1. The first-order valence-corrected chi connectivity index (χ1v) is 8.95. The molecule has 9 heteroatoms. The monoisotopic (exact) mass is 381 g/mol. The summed E-state index contributed by atoms with van der Waals surface area (Å²) in [5.74, 6) is -0.0377. The van der Waals surface area contributed by atoms with E-state index in [0.717, 1.165) is 5.56 Å². The standard InChI is InChI=1S/C18H15N5O3S/c1-11-9-15(24)23-18(20-11)27-17(22-23)19-10-12-4-6-13(7-5-12)21-16(25)14-3-2-8-26-14/h2-9H,10H2,1H3,(H,19,22)(H,21,25). The third-order valence-corrected chi connectivity index (χ3v) is 4.64. The van der Waals surface area contributed by atoms with E-state index in [9.17, 15) is 9.59 Å². The number of carbonyl (C=O) groups is 1. The zero-order valence-corrected chi connectivity index (χ0v) is 15.1. The molecule has 0 saturated heterocycles. The molecule has 0 saturated carbocycles. The Hall–Kier alpha value is -3.46. The summed E-state index contributed by atoms with van der Waals surface area (Å²) >= 11 is 1.32. The molecule has 0 radical (unpaired) electrons.